The molecule has 5 nitrogen and oxygen atoms in total. The number of hydrogen-bond donors (Lipinski definition) is 2. The molecule has 0 bridgehead atoms. The summed E-state index contributed by atoms with van der Waals surface area (Å²) < 4.78 is 0. The van der Waals surface area contributed by atoms with Crippen LogP contribution in [-0.2, 0) is 13.0 Å². The summed E-state index contributed by atoms with van der Waals surface area (Å²) in [6.07, 6.45) is 0.965. The lowest BCUT2D eigenvalue weighted by Gasteiger charge is -2.21. The van der Waals surface area contributed by atoms with Gasteiger partial charge in [-0.3, -0.25) is 10.1 Å². The average Bonchev–Trinajstić information content (AvgIpc) is 2.47. The van der Waals surface area contributed by atoms with E-state index >= 15 is 0 Å². The predicted molar refractivity (Wildman–Crippen MR) is 83.0 cm³/mol. The number of rotatable bonds is 3. The molecule has 2 aromatic carbocycles. The van der Waals surface area contributed by atoms with Crippen LogP contribution in [0.5, 0.6) is 0 Å². The highest BCUT2D eigenvalue weighted by Crippen LogP contribution is 2.28. The smallest absolute Gasteiger partial charge is 0.271 e. The third-order valence-corrected chi connectivity index (χ3v) is 3.69. The third kappa shape index (κ3) is 2.87. The van der Waals surface area contributed by atoms with Crippen LogP contribution >= 0.6 is 0 Å². The number of nitrogens with zero attached hydrogens (tertiary/aromatic N) is 1. The van der Waals surface area contributed by atoms with Crippen LogP contribution in [0.1, 0.15) is 16.7 Å². The molecule has 1 aliphatic rings. The van der Waals surface area contributed by atoms with Gasteiger partial charge in [0, 0.05) is 30.1 Å². The molecule has 0 unspecified atom stereocenters. The highest BCUT2D eigenvalue weighted by Gasteiger charge is 2.14. The Morgan fingerprint density at radius 1 is 1.29 bits per heavy atom. The fourth-order valence-electron chi connectivity index (χ4n) is 2.75. The second-order valence-corrected chi connectivity index (χ2v) is 5.31. The van der Waals surface area contributed by atoms with E-state index in [1.54, 1.807) is 12.1 Å². The van der Waals surface area contributed by atoms with Crippen molar-refractivity contribution >= 4 is 17.1 Å². The van der Waals surface area contributed by atoms with Crippen LogP contribution in [0, 0.1) is 17.0 Å². The first-order chi connectivity index (χ1) is 10.1. The minimum Gasteiger partial charge on any atom is -0.355 e. The van der Waals surface area contributed by atoms with E-state index < -0.39 is 0 Å². The zero-order valence-electron chi connectivity index (χ0n) is 11.8. The van der Waals surface area contributed by atoms with Crippen LogP contribution < -0.4 is 10.6 Å². The van der Waals surface area contributed by atoms with E-state index in [2.05, 4.69) is 16.7 Å². The van der Waals surface area contributed by atoms with Gasteiger partial charge in [0.05, 0.1) is 4.92 Å². The molecule has 3 rings (SSSR count). The Labute approximate surface area is 123 Å². The summed E-state index contributed by atoms with van der Waals surface area (Å²) in [6, 6.07) is 11.2. The maximum atomic E-state index is 11.0. The number of benzene rings is 2. The summed E-state index contributed by atoms with van der Waals surface area (Å²) in [5.41, 5.74) is 5.36. The minimum atomic E-state index is -0.359. The van der Waals surface area contributed by atoms with Crippen molar-refractivity contribution in [1.82, 2.24) is 5.32 Å². The van der Waals surface area contributed by atoms with Gasteiger partial charge in [-0.15, -0.1) is 0 Å². The molecular formula is C16H17N3O2. The van der Waals surface area contributed by atoms with Crippen molar-refractivity contribution in [3.63, 3.8) is 0 Å². The van der Waals surface area contributed by atoms with Gasteiger partial charge in [0.25, 0.3) is 5.69 Å². The summed E-state index contributed by atoms with van der Waals surface area (Å²) in [7, 11) is 0. The van der Waals surface area contributed by atoms with E-state index in [1.165, 1.54) is 11.1 Å². The van der Waals surface area contributed by atoms with Crippen molar-refractivity contribution in [2.45, 2.75) is 19.9 Å². The van der Waals surface area contributed by atoms with Crippen molar-refractivity contribution < 1.29 is 4.92 Å². The van der Waals surface area contributed by atoms with E-state index in [-0.39, 0.29) is 10.6 Å². The Hall–Kier alpha value is -2.40. The number of nitro groups is 1. The van der Waals surface area contributed by atoms with Crippen molar-refractivity contribution in [3.05, 3.63) is 63.2 Å². The average molecular weight is 283 g/mol. The Balaban J connectivity index is 1.95. The van der Waals surface area contributed by atoms with Crippen LogP contribution in [0.15, 0.2) is 36.4 Å². The SMILES string of the molecule is Cc1cc(Nc2cccc3c2CCNC3)cc([N+](=O)[O-])c1. The van der Waals surface area contributed by atoms with E-state index in [1.807, 2.05) is 25.1 Å². The number of anilines is 2. The van der Waals surface area contributed by atoms with Crippen molar-refractivity contribution in [1.29, 1.82) is 0 Å². The Kier molecular flexibility index (Phi) is 3.58. The van der Waals surface area contributed by atoms with Crippen LogP contribution in [0.2, 0.25) is 0 Å². The van der Waals surface area contributed by atoms with Crippen LogP contribution in [0.25, 0.3) is 0 Å². The summed E-state index contributed by atoms with van der Waals surface area (Å²) in [6.45, 7) is 3.70. The lowest BCUT2D eigenvalue weighted by atomic mass is 9.99. The van der Waals surface area contributed by atoms with Crippen molar-refractivity contribution in [2.75, 3.05) is 11.9 Å². The van der Waals surface area contributed by atoms with Crippen LogP contribution in [0.3, 0.4) is 0 Å². The largest absolute Gasteiger partial charge is 0.355 e. The molecular weight excluding hydrogens is 266 g/mol. The number of hydrogen-bond acceptors (Lipinski definition) is 4. The molecule has 1 aliphatic heterocycles. The maximum Gasteiger partial charge on any atom is 0.271 e. The Morgan fingerprint density at radius 2 is 2.14 bits per heavy atom. The molecule has 0 aromatic heterocycles. The summed E-state index contributed by atoms with van der Waals surface area (Å²) >= 11 is 0. The molecule has 108 valence electrons. The van der Waals surface area contributed by atoms with Gasteiger partial charge in [0.1, 0.15) is 0 Å². The van der Waals surface area contributed by atoms with Crippen LogP contribution in [0.4, 0.5) is 17.1 Å². The topological polar surface area (TPSA) is 67.2 Å². The van der Waals surface area contributed by atoms with Gasteiger partial charge in [-0.2, -0.15) is 0 Å². The molecule has 0 aliphatic carbocycles. The van der Waals surface area contributed by atoms with E-state index in [4.69, 9.17) is 0 Å². The van der Waals surface area contributed by atoms with Gasteiger partial charge in [0.2, 0.25) is 0 Å². The Morgan fingerprint density at radius 3 is 2.95 bits per heavy atom. The van der Waals surface area contributed by atoms with Gasteiger partial charge in [-0.25, -0.2) is 0 Å². The van der Waals surface area contributed by atoms with Gasteiger partial charge in [-0.1, -0.05) is 12.1 Å². The molecule has 0 fully saturated rings. The number of nitrogens with one attached hydrogen (secondary N) is 2. The second kappa shape index (κ2) is 5.54. The lowest BCUT2D eigenvalue weighted by molar-refractivity contribution is -0.384. The molecule has 0 saturated carbocycles. The summed E-state index contributed by atoms with van der Waals surface area (Å²) in [5, 5.41) is 17.6. The zero-order chi connectivity index (χ0) is 14.8. The van der Waals surface area contributed by atoms with Gasteiger partial charge in [0.15, 0.2) is 0 Å². The zero-order valence-corrected chi connectivity index (χ0v) is 11.8. The highest BCUT2D eigenvalue weighted by atomic mass is 16.6. The molecule has 0 spiro atoms. The third-order valence-electron chi connectivity index (χ3n) is 3.69. The normalized spacial score (nSPS) is 13.6. The summed E-state index contributed by atoms with van der Waals surface area (Å²) in [4.78, 5) is 10.6. The first kappa shape index (κ1) is 13.6. The fourth-order valence-corrected chi connectivity index (χ4v) is 2.75. The first-order valence-electron chi connectivity index (χ1n) is 6.98. The number of aryl methyl sites for hydroxylation is 1. The van der Waals surface area contributed by atoms with Crippen LogP contribution in [-0.4, -0.2) is 11.5 Å². The molecule has 2 aromatic rings. The van der Waals surface area contributed by atoms with Crippen molar-refractivity contribution in [3.8, 4) is 0 Å². The Bertz CT molecular complexity index is 698. The molecule has 5 heteroatoms. The summed E-state index contributed by atoms with van der Waals surface area (Å²) in [5.74, 6) is 0. The highest BCUT2D eigenvalue weighted by molar-refractivity contribution is 5.67. The standard InChI is InChI=1S/C16H17N3O2/c1-11-7-13(9-14(8-11)19(20)21)18-16-4-2-3-12-10-17-6-5-15(12)16/h2-4,7-9,17-18H,5-6,10H2,1H3. The maximum absolute atomic E-state index is 11.0. The number of fused-ring (bicyclic) bond motifs is 1. The van der Waals surface area contributed by atoms with E-state index in [9.17, 15) is 10.1 Å². The lowest BCUT2D eigenvalue weighted by Crippen LogP contribution is -2.24. The number of nitro benzene ring substituents is 1. The first-order valence-corrected chi connectivity index (χ1v) is 6.98. The van der Waals surface area contributed by atoms with Gasteiger partial charge >= 0.3 is 0 Å². The van der Waals surface area contributed by atoms with E-state index in [0.717, 1.165) is 36.4 Å². The number of non-ortho nitro benzene ring substituents is 1. The second-order valence-electron chi connectivity index (χ2n) is 5.31. The minimum absolute atomic E-state index is 0.115. The fraction of sp³-hybridized carbons (Fsp3) is 0.250. The van der Waals surface area contributed by atoms with E-state index in [0.29, 0.717) is 0 Å². The molecule has 2 N–H and O–H groups in total. The molecule has 1 heterocycles. The monoisotopic (exact) mass is 283 g/mol. The van der Waals surface area contributed by atoms with Gasteiger partial charge < -0.3 is 10.6 Å². The molecule has 0 saturated heterocycles. The molecule has 0 atom stereocenters. The molecule has 0 amide bonds. The molecule has 21 heavy (non-hydrogen) atoms. The molecule has 0 radical (unpaired) electrons. The van der Waals surface area contributed by atoms with Crippen molar-refractivity contribution in [2.24, 2.45) is 0 Å². The predicted octanol–water partition coefficient (Wildman–Crippen LogP) is 3.29. The van der Waals surface area contributed by atoms with Gasteiger partial charge in [-0.05, 0) is 48.7 Å². The quantitative estimate of drug-likeness (QED) is 0.670.